The SMILES string of the molecule is Cc1ccc(S(=O)(=O)O)cc1.NCC(=O)N1CCC[C@H]1C(=O)Nc1ccc([N+](=O)[O-])cc1. The molecule has 1 aliphatic heterocycles. The first-order valence-corrected chi connectivity index (χ1v) is 11.1. The second-order valence-electron chi connectivity index (χ2n) is 7.03. The number of nitrogens with one attached hydrogen (secondary N) is 1. The molecule has 0 aliphatic carbocycles. The number of aryl methyl sites for hydroxylation is 1. The number of nitro groups is 1. The zero-order chi connectivity index (χ0) is 23.9. The average Bonchev–Trinajstić information content (AvgIpc) is 3.24. The second-order valence-corrected chi connectivity index (χ2v) is 8.45. The van der Waals surface area contributed by atoms with Crippen LogP contribution in [0.2, 0.25) is 0 Å². The third-order valence-corrected chi connectivity index (χ3v) is 5.58. The highest BCUT2D eigenvalue weighted by atomic mass is 32.2. The molecule has 1 heterocycles. The predicted octanol–water partition coefficient (Wildman–Crippen LogP) is 1.72. The molecule has 0 spiro atoms. The number of rotatable bonds is 5. The number of carbonyl (C=O) groups excluding carboxylic acids is 2. The van der Waals surface area contributed by atoms with Gasteiger partial charge in [0, 0.05) is 24.4 Å². The summed E-state index contributed by atoms with van der Waals surface area (Å²) in [6.07, 6.45) is 1.34. The summed E-state index contributed by atoms with van der Waals surface area (Å²) in [7, 11) is -4.02. The summed E-state index contributed by atoms with van der Waals surface area (Å²) in [5.74, 6) is -0.556. The predicted molar refractivity (Wildman–Crippen MR) is 117 cm³/mol. The van der Waals surface area contributed by atoms with E-state index in [-0.39, 0.29) is 28.9 Å². The maximum Gasteiger partial charge on any atom is 0.294 e. The minimum absolute atomic E-state index is 0.0474. The van der Waals surface area contributed by atoms with Crippen LogP contribution in [0.25, 0.3) is 0 Å². The minimum Gasteiger partial charge on any atom is -0.330 e. The van der Waals surface area contributed by atoms with Crippen molar-refractivity contribution in [3.8, 4) is 0 Å². The molecule has 0 aromatic heterocycles. The highest BCUT2D eigenvalue weighted by Gasteiger charge is 2.33. The quantitative estimate of drug-likeness (QED) is 0.341. The van der Waals surface area contributed by atoms with Crippen LogP contribution in [0.4, 0.5) is 11.4 Å². The molecule has 12 heteroatoms. The van der Waals surface area contributed by atoms with E-state index in [0.29, 0.717) is 18.7 Å². The molecule has 3 rings (SSSR count). The minimum atomic E-state index is -4.02. The lowest BCUT2D eigenvalue weighted by Gasteiger charge is -2.23. The van der Waals surface area contributed by atoms with E-state index < -0.39 is 21.1 Å². The van der Waals surface area contributed by atoms with Crippen molar-refractivity contribution in [2.45, 2.75) is 30.7 Å². The van der Waals surface area contributed by atoms with E-state index in [0.717, 1.165) is 12.0 Å². The van der Waals surface area contributed by atoms with E-state index in [1.54, 1.807) is 12.1 Å². The Morgan fingerprint density at radius 2 is 1.78 bits per heavy atom. The van der Waals surface area contributed by atoms with Crippen LogP contribution in [0.1, 0.15) is 18.4 Å². The van der Waals surface area contributed by atoms with Gasteiger partial charge < -0.3 is 16.0 Å². The zero-order valence-corrected chi connectivity index (χ0v) is 18.1. The largest absolute Gasteiger partial charge is 0.330 e. The number of nitrogens with two attached hydrogens (primary N) is 1. The molecule has 2 aromatic carbocycles. The molecule has 0 bridgehead atoms. The molecule has 1 aliphatic rings. The van der Waals surface area contributed by atoms with Crippen LogP contribution in [-0.4, -0.2) is 53.7 Å². The number of likely N-dealkylation sites (tertiary alicyclic amines) is 1. The van der Waals surface area contributed by atoms with Gasteiger partial charge in [0.1, 0.15) is 6.04 Å². The summed E-state index contributed by atoms with van der Waals surface area (Å²) < 4.78 is 29.6. The molecule has 0 saturated carbocycles. The molecular formula is C20H24N4O7S. The number of nitro benzene ring substituents is 1. The Morgan fingerprint density at radius 1 is 1.19 bits per heavy atom. The first-order valence-electron chi connectivity index (χ1n) is 9.62. The molecule has 0 unspecified atom stereocenters. The van der Waals surface area contributed by atoms with Gasteiger partial charge in [-0.3, -0.25) is 24.3 Å². The average molecular weight is 465 g/mol. The summed E-state index contributed by atoms with van der Waals surface area (Å²) in [5.41, 5.74) is 6.69. The van der Waals surface area contributed by atoms with Gasteiger partial charge in [-0.05, 0) is 44.0 Å². The van der Waals surface area contributed by atoms with E-state index in [4.69, 9.17) is 10.3 Å². The van der Waals surface area contributed by atoms with Crippen molar-refractivity contribution in [3.05, 3.63) is 64.2 Å². The van der Waals surface area contributed by atoms with E-state index in [1.165, 1.54) is 41.3 Å². The summed E-state index contributed by atoms with van der Waals surface area (Å²) in [5, 5.41) is 13.2. The Balaban J connectivity index is 0.000000278. The molecule has 0 radical (unpaired) electrons. The highest BCUT2D eigenvalue weighted by molar-refractivity contribution is 7.85. The van der Waals surface area contributed by atoms with Crippen molar-refractivity contribution in [1.82, 2.24) is 4.90 Å². The van der Waals surface area contributed by atoms with Crippen LogP contribution in [0, 0.1) is 17.0 Å². The Bertz CT molecular complexity index is 1070. The highest BCUT2D eigenvalue weighted by Crippen LogP contribution is 2.20. The van der Waals surface area contributed by atoms with Crippen LogP contribution in [0.15, 0.2) is 53.4 Å². The van der Waals surface area contributed by atoms with Crippen molar-refractivity contribution in [1.29, 1.82) is 0 Å². The molecular weight excluding hydrogens is 440 g/mol. The zero-order valence-electron chi connectivity index (χ0n) is 17.3. The number of hydrogen-bond donors (Lipinski definition) is 3. The Kier molecular flexibility index (Phi) is 8.41. The Hall–Kier alpha value is -3.35. The summed E-state index contributed by atoms with van der Waals surface area (Å²) in [6.45, 7) is 2.24. The molecule has 1 atom stereocenters. The van der Waals surface area contributed by atoms with Gasteiger partial charge in [0.25, 0.3) is 15.8 Å². The lowest BCUT2D eigenvalue weighted by Crippen LogP contribution is -2.45. The fraction of sp³-hybridized carbons (Fsp3) is 0.300. The maximum atomic E-state index is 12.2. The number of carbonyl (C=O) groups is 2. The van der Waals surface area contributed by atoms with Crippen molar-refractivity contribution in [3.63, 3.8) is 0 Å². The third kappa shape index (κ3) is 6.83. The molecule has 4 N–H and O–H groups in total. The monoisotopic (exact) mass is 464 g/mol. The van der Waals surface area contributed by atoms with E-state index in [1.807, 2.05) is 6.92 Å². The van der Waals surface area contributed by atoms with Gasteiger partial charge in [-0.2, -0.15) is 8.42 Å². The van der Waals surface area contributed by atoms with Crippen molar-refractivity contribution in [2.24, 2.45) is 5.73 Å². The fourth-order valence-electron chi connectivity index (χ4n) is 3.06. The number of benzene rings is 2. The van der Waals surface area contributed by atoms with Gasteiger partial charge in [0.05, 0.1) is 16.4 Å². The lowest BCUT2D eigenvalue weighted by atomic mass is 10.2. The van der Waals surface area contributed by atoms with Crippen LogP contribution in [-0.2, 0) is 19.7 Å². The van der Waals surface area contributed by atoms with Crippen LogP contribution in [0.3, 0.4) is 0 Å². The lowest BCUT2D eigenvalue weighted by molar-refractivity contribution is -0.384. The molecule has 2 amide bonds. The van der Waals surface area contributed by atoms with E-state index in [9.17, 15) is 28.1 Å². The van der Waals surface area contributed by atoms with Gasteiger partial charge in [-0.25, -0.2) is 0 Å². The van der Waals surface area contributed by atoms with Crippen LogP contribution < -0.4 is 11.1 Å². The smallest absolute Gasteiger partial charge is 0.294 e. The summed E-state index contributed by atoms with van der Waals surface area (Å²) >= 11 is 0. The number of hydrogen-bond acceptors (Lipinski definition) is 7. The van der Waals surface area contributed by atoms with Crippen LogP contribution in [0.5, 0.6) is 0 Å². The topological polar surface area (TPSA) is 173 Å². The van der Waals surface area contributed by atoms with E-state index in [2.05, 4.69) is 5.32 Å². The van der Waals surface area contributed by atoms with Crippen molar-refractivity contribution in [2.75, 3.05) is 18.4 Å². The summed E-state index contributed by atoms with van der Waals surface area (Å²) in [6, 6.07) is 11.0. The Labute approximate surface area is 185 Å². The molecule has 1 fully saturated rings. The summed E-state index contributed by atoms with van der Waals surface area (Å²) in [4.78, 5) is 35.3. The van der Waals surface area contributed by atoms with Crippen molar-refractivity contribution >= 4 is 33.3 Å². The molecule has 1 saturated heterocycles. The third-order valence-electron chi connectivity index (χ3n) is 4.71. The standard InChI is InChI=1S/C13H16N4O4.C7H8O3S/c14-8-12(18)16-7-1-2-11(16)13(19)15-9-3-5-10(6-4-9)17(20)21;1-6-2-4-7(5-3-6)11(8,9)10/h3-6,11H,1-2,7-8,14H2,(H,15,19);2-5H,1H3,(H,8,9,10)/t11-;/m0./s1. The molecule has 2 aromatic rings. The van der Waals surface area contributed by atoms with Gasteiger partial charge in [0.15, 0.2) is 0 Å². The fourth-order valence-corrected chi connectivity index (χ4v) is 3.54. The first-order chi connectivity index (χ1) is 15.0. The van der Waals surface area contributed by atoms with Gasteiger partial charge in [-0.1, -0.05) is 17.7 Å². The molecule has 172 valence electrons. The molecule has 11 nitrogen and oxygen atoms in total. The number of anilines is 1. The normalized spacial score (nSPS) is 15.5. The number of nitrogens with zero attached hydrogens (tertiary/aromatic N) is 2. The van der Waals surface area contributed by atoms with Gasteiger partial charge in [0.2, 0.25) is 11.8 Å². The second kappa shape index (κ2) is 10.8. The van der Waals surface area contributed by atoms with Crippen molar-refractivity contribution < 1.29 is 27.5 Å². The number of non-ortho nitro benzene ring substituents is 1. The number of amides is 2. The molecule has 32 heavy (non-hydrogen) atoms. The van der Waals surface area contributed by atoms with E-state index >= 15 is 0 Å². The first kappa shape index (κ1) is 24.9. The van der Waals surface area contributed by atoms with Gasteiger partial charge >= 0.3 is 0 Å². The maximum absolute atomic E-state index is 12.2. The van der Waals surface area contributed by atoms with Crippen LogP contribution >= 0.6 is 0 Å². The van der Waals surface area contributed by atoms with Gasteiger partial charge in [-0.15, -0.1) is 0 Å². The Morgan fingerprint density at radius 3 is 2.28 bits per heavy atom.